The standard InChI is InChI=1S/C17H25N3O2/c1-12-7-4-5-10-15(12)19-17(22)18-14-9-6-8-13(11-14)16(21)20(2)3/h6,8-9,11-12,15H,4-5,7,10H2,1-3H3,(H2,18,19,22). The van der Waals surface area contributed by atoms with Crippen LogP contribution in [0.1, 0.15) is 43.0 Å². The first kappa shape index (κ1) is 16.3. The summed E-state index contributed by atoms with van der Waals surface area (Å²) in [6.07, 6.45) is 4.61. The first-order valence-corrected chi connectivity index (χ1v) is 7.86. The Hall–Kier alpha value is -2.04. The maximum absolute atomic E-state index is 12.1. The Kier molecular flexibility index (Phi) is 5.41. The van der Waals surface area contributed by atoms with E-state index in [4.69, 9.17) is 0 Å². The predicted octanol–water partition coefficient (Wildman–Crippen LogP) is 3.09. The van der Waals surface area contributed by atoms with Crippen LogP contribution in [0.5, 0.6) is 0 Å². The van der Waals surface area contributed by atoms with Gasteiger partial charge in [-0.3, -0.25) is 4.79 Å². The first-order chi connectivity index (χ1) is 10.5. The van der Waals surface area contributed by atoms with Crippen molar-refractivity contribution in [2.24, 2.45) is 5.92 Å². The summed E-state index contributed by atoms with van der Waals surface area (Å²) < 4.78 is 0. The molecule has 3 amide bonds. The number of urea groups is 1. The van der Waals surface area contributed by atoms with Gasteiger partial charge in [-0.25, -0.2) is 4.79 Å². The van der Waals surface area contributed by atoms with Crippen LogP contribution in [0.4, 0.5) is 10.5 Å². The smallest absolute Gasteiger partial charge is 0.319 e. The molecule has 1 aliphatic rings. The minimum Gasteiger partial charge on any atom is -0.345 e. The lowest BCUT2D eigenvalue weighted by atomic mass is 9.86. The Balaban J connectivity index is 1.96. The van der Waals surface area contributed by atoms with E-state index in [0.717, 1.165) is 12.8 Å². The lowest BCUT2D eigenvalue weighted by molar-refractivity contribution is 0.0827. The lowest BCUT2D eigenvalue weighted by Gasteiger charge is -2.29. The number of hydrogen-bond acceptors (Lipinski definition) is 2. The Labute approximate surface area is 132 Å². The normalized spacial score (nSPS) is 21.0. The van der Waals surface area contributed by atoms with Crippen LogP contribution < -0.4 is 10.6 Å². The summed E-state index contributed by atoms with van der Waals surface area (Å²) >= 11 is 0. The van der Waals surface area contributed by atoms with Crippen molar-refractivity contribution in [3.8, 4) is 0 Å². The van der Waals surface area contributed by atoms with Crippen LogP contribution in [0.3, 0.4) is 0 Å². The molecule has 2 rings (SSSR count). The molecule has 22 heavy (non-hydrogen) atoms. The third-order valence-electron chi connectivity index (χ3n) is 4.20. The van der Waals surface area contributed by atoms with E-state index in [0.29, 0.717) is 17.2 Å². The summed E-state index contributed by atoms with van der Waals surface area (Å²) in [5.74, 6) is 0.436. The van der Waals surface area contributed by atoms with Crippen molar-refractivity contribution in [1.82, 2.24) is 10.2 Å². The first-order valence-electron chi connectivity index (χ1n) is 7.86. The lowest BCUT2D eigenvalue weighted by Crippen LogP contribution is -2.43. The van der Waals surface area contributed by atoms with Crippen LogP contribution in [0.25, 0.3) is 0 Å². The number of nitrogens with one attached hydrogen (secondary N) is 2. The number of carbonyl (C=O) groups excluding carboxylic acids is 2. The molecule has 0 aromatic heterocycles. The molecule has 2 N–H and O–H groups in total. The van der Waals surface area contributed by atoms with Crippen molar-refractivity contribution >= 4 is 17.6 Å². The predicted molar refractivity (Wildman–Crippen MR) is 88.0 cm³/mol. The Morgan fingerprint density at radius 2 is 1.91 bits per heavy atom. The number of hydrogen-bond donors (Lipinski definition) is 2. The fourth-order valence-electron chi connectivity index (χ4n) is 2.85. The molecule has 0 saturated heterocycles. The van der Waals surface area contributed by atoms with Crippen LogP contribution in [-0.4, -0.2) is 37.0 Å². The van der Waals surface area contributed by atoms with Gasteiger partial charge in [-0.15, -0.1) is 0 Å². The molecule has 0 spiro atoms. The topological polar surface area (TPSA) is 61.4 Å². The van der Waals surface area contributed by atoms with Crippen LogP contribution in [-0.2, 0) is 0 Å². The van der Waals surface area contributed by atoms with Crippen molar-refractivity contribution in [2.75, 3.05) is 19.4 Å². The third-order valence-corrected chi connectivity index (χ3v) is 4.20. The molecule has 1 aliphatic carbocycles. The number of carbonyl (C=O) groups is 2. The van der Waals surface area contributed by atoms with Crippen molar-refractivity contribution < 1.29 is 9.59 Å². The van der Waals surface area contributed by atoms with Crippen molar-refractivity contribution in [3.05, 3.63) is 29.8 Å². The van der Waals surface area contributed by atoms with E-state index < -0.39 is 0 Å². The van der Waals surface area contributed by atoms with Crippen LogP contribution in [0, 0.1) is 5.92 Å². The van der Waals surface area contributed by atoms with Gasteiger partial charge in [0, 0.05) is 31.4 Å². The van der Waals surface area contributed by atoms with Crippen LogP contribution in [0.15, 0.2) is 24.3 Å². The molecule has 0 heterocycles. The molecule has 5 heteroatoms. The molecule has 2 unspecified atom stereocenters. The molecule has 0 radical (unpaired) electrons. The van der Waals surface area contributed by atoms with Gasteiger partial charge in [0.2, 0.25) is 0 Å². The minimum absolute atomic E-state index is 0.0787. The number of amides is 3. The van der Waals surface area contributed by atoms with Crippen molar-refractivity contribution in [1.29, 1.82) is 0 Å². The molecule has 5 nitrogen and oxygen atoms in total. The van der Waals surface area contributed by atoms with Gasteiger partial charge in [0.05, 0.1) is 0 Å². The highest BCUT2D eigenvalue weighted by atomic mass is 16.2. The zero-order valence-electron chi connectivity index (χ0n) is 13.6. The van der Waals surface area contributed by atoms with E-state index in [9.17, 15) is 9.59 Å². The summed E-state index contributed by atoms with van der Waals surface area (Å²) in [4.78, 5) is 25.6. The second-order valence-electron chi connectivity index (χ2n) is 6.25. The van der Waals surface area contributed by atoms with Crippen LogP contribution >= 0.6 is 0 Å². The number of nitrogens with zero attached hydrogens (tertiary/aromatic N) is 1. The average Bonchev–Trinajstić information content (AvgIpc) is 2.49. The summed E-state index contributed by atoms with van der Waals surface area (Å²) in [6.45, 7) is 2.18. The summed E-state index contributed by atoms with van der Waals surface area (Å²) in [7, 11) is 3.42. The molecule has 1 aromatic carbocycles. The second kappa shape index (κ2) is 7.29. The monoisotopic (exact) mass is 303 g/mol. The van der Waals surface area contributed by atoms with E-state index in [1.165, 1.54) is 17.7 Å². The SMILES string of the molecule is CC1CCCCC1NC(=O)Nc1cccc(C(=O)N(C)C)c1. The third kappa shape index (κ3) is 4.23. The van der Waals surface area contributed by atoms with Crippen LogP contribution in [0.2, 0.25) is 0 Å². The van der Waals surface area contributed by atoms with Crippen molar-refractivity contribution in [2.45, 2.75) is 38.6 Å². The van der Waals surface area contributed by atoms with E-state index in [1.807, 2.05) is 0 Å². The quantitative estimate of drug-likeness (QED) is 0.901. The summed E-state index contributed by atoms with van der Waals surface area (Å²) in [6, 6.07) is 7.04. The zero-order chi connectivity index (χ0) is 16.1. The maximum Gasteiger partial charge on any atom is 0.319 e. The van der Waals surface area contributed by atoms with E-state index >= 15 is 0 Å². The van der Waals surface area contributed by atoms with Gasteiger partial charge in [-0.05, 0) is 37.0 Å². The highest BCUT2D eigenvalue weighted by Crippen LogP contribution is 2.23. The fraction of sp³-hybridized carbons (Fsp3) is 0.529. The van der Waals surface area contributed by atoms with Gasteiger partial charge in [0.1, 0.15) is 0 Å². The summed E-state index contributed by atoms with van der Waals surface area (Å²) in [5, 5.41) is 5.87. The minimum atomic E-state index is -0.201. The second-order valence-corrected chi connectivity index (χ2v) is 6.25. The number of rotatable bonds is 3. The fourth-order valence-corrected chi connectivity index (χ4v) is 2.85. The van der Waals surface area contributed by atoms with Gasteiger partial charge < -0.3 is 15.5 Å². The highest BCUT2D eigenvalue weighted by molar-refractivity contribution is 5.96. The Bertz CT molecular complexity index is 542. The van der Waals surface area contributed by atoms with E-state index in [2.05, 4.69) is 17.6 Å². The van der Waals surface area contributed by atoms with Gasteiger partial charge in [-0.2, -0.15) is 0 Å². The van der Waals surface area contributed by atoms with Gasteiger partial charge in [0.25, 0.3) is 5.91 Å². The molecule has 2 atom stereocenters. The highest BCUT2D eigenvalue weighted by Gasteiger charge is 2.22. The zero-order valence-corrected chi connectivity index (χ0v) is 13.6. The van der Waals surface area contributed by atoms with Gasteiger partial charge in [-0.1, -0.05) is 25.8 Å². The van der Waals surface area contributed by atoms with E-state index in [-0.39, 0.29) is 18.0 Å². The largest absolute Gasteiger partial charge is 0.345 e. The molecule has 1 aromatic rings. The Morgan fingerprint density at radius 1 is 1.18 bits per heavy atom. The Morgan fingerprint density at radius 3 is 2.59 bits per heavy atom. The van der Waals surface area contributed by atoms with Gasteiger partial charge in [0.15, 0.2) is 0 Å². The average molecular weight is 303 g/mol. The molecular weight excluding hydrogens is 278 g/mol. The number of benzene rings is 1. The van der Waals surface area contributed by atoms with E-state index in [1.54, 1.807) is 38.4 Å². The molecule has 1 saturated carbocycles. The molecule has 1 fully saturated rings. The van der Waals surface area contributed by atoms with Crippen molar-refractivity contribution in [3.63, 3.8) is 0 Å². The molecule has 0 bridgehead atoms. The molecule has 120 valence electrons. The molecular formula is C17H25N3O2. The summed E-state index contributed by atoms with van der Waals surface area (Å²) in [5.41, 5.74) is 1.20. The molecule has 0 aliphatic heterocycles. The van der Waals surface area contributed by atoms with Gasteiger partial charge >= 0.3 is 6.03 Å². The maximum atomic E-state index is 12.1. The number of anilines is 1.